The Balaban J connectivity index is 2.44. The summed E-state index contributed by atoms with van der Waals surface area (Å²) in [6.45, 7) is 4.01. The van der Waals surface area contributed by atoms with Crippen LogP contribution in [0.25, 0.3) is 0 Å². The third-order valence-corrected chi connectivity index (χ3v) is 2.48. The first-order valence-electron chi connectivity index (χ1n) is 3.62. The van der Waals surface area contributed by atoms with Gasteiger partial charge in [-0.25, -0.2) is 0 Å². The van der Waals surface area contributed by atoms with Crippen molar-refractivity contribution in [1.82, 2.24) is 0 Å². The van der Waals surface area contributed by atoms with Crippen LogP contribution in [0.4, 0.5) is 0 Å². The summed E-state index contributed by atoms with van der Waals surface area (Å²) in [7, 11) is 0. The molecule has 2 heteroatoms. The molecule has 0 aliphatic carbocycles. The molecule has 0 fully saturated rings. The van der Waals surface area contributed by atoms with E-state index in [-0.39, 0.29) is 0 Å². The molecule has 0 bridgehead atoms. The zero-order valence-electron chi connectivity index (χ0n) is 6.83. The lowest BCUT2D eigenvalue weighted by Crippen LogP contribution is -1.72. The van der Waals surface area contributed by atoms with Crippen LogP contribution in [0.3, 0.4) is 0 Å². The number of furan rings is 1. The first-order chi connectivity index (χ1) is 5.34. The van der Waals surface area contributed by atoms with Gasteiger partial charge in [0.25, 0.3) is 0 Å². The van der Waals surface area contributed by atoms with Crippen LogP contribution < -0.4 is 0 Å². The van der Waals surface area contributed by atoms with Crippen molar-refractivity contribution in [2.24, 2.45) is 0 Å². The van der Waals surface area contributed by atoms with Gasteiger partial charge in [0.1, 0.15) is 5.76 Å². The van der Waals surface area contributed by atoms with Gasteiger partial charge in [-0.3, -0.25) is 0 Å². The largest absolute Gasteiger partial charge is 0.468 e. The molecule has 1 rings (SSSR count). The lowest BCUT2D eigenvalue weighted by molar-refractivity contribution is 0.527. The summed E-state index contributed by atoms with van der Waals surface area (Å²) in [6.07, 6.45) is 5.92. The first kappa shape index (κ1) is 8.47. The Kier molecular flexibility index (Phi) is 3.30. The fraction of sp³-hybridized carbons (Fsp3) is 0.333. The van der Waals surface area contributed by atoms with E-state index in [0.29, 0.717) is 0 Å². The molecule has 0 spiro atoms. The van der Waals surface area contributed by atoms with Crippen LogP contribution in [0, 0.1) is 6.92 Å². The van der Waals surface area contributed by atoms with Gasteiger partial charge < -0.3 is 4.42 Å². The minimum Gasteiger partial charge on any atom is -0.468 e. The van der Waals surface area contributed by atoms with E-state index in [9.17, 15) is 0 Å². The molecule has 11 heavy (non-hydrogen) atoms. The monoisotopic (exact) mass is 168 g/mol. The second kappa shape index (κ2) is 4.29. The van der Waals surface area contributed by atoms with Crippen LogP contribution in [0.2, 0.25) is 0 Å². The average molecular weight is 168 g/mol. The van der Waals surface area contributed by atoms with Gasteiger partial charge >= 0.3 is 0 Å². The summed E-state index contributed by atoms with van der Waals surface area (Å²) < 4.78 is 5.15. The predicted molar refractivity (Wildman–Crippen MR) is 49.0 cm³/mol. The molecule has 1 heterocycles. The quantitative estimate of drug-likeness (QED) is 0.507. The molecule has 0 saturated carbocycles. The molecular formula is C9H12OS. The average Bonchev–Trinajstić information content (AvgIpc) is 2.37. The molecule has 60 valence electrons. The Labute approximate surface area is 71.5 Å². The highest BCUT2D eigenvalue weighted by Gasteiger charge is 1.98. The number of rotatable bonds is 3. The zero-order valence-corrected chi connectivity index (χ0v) is 7.65. The van der Waals surface area contributed by atoms with Crippen LogP contribution in [0.5, 0.6) is 0 Å². The normalized spacial score (nSPS) is 11.1. The first-order valence-corrected chi connectivity index (χ1v) is 4.61. The van der Waals surface area contributed by atoms with Crippen LogP contribution in [-0.4, -0.2) is 5.75 Å². The van der Waals surface area contributed by atoms with Crippen molar-refractivity contribution >= 4 is 11.8 Å². The van der Waals surface area contributed by atoms with Crippen molar-refractivity contribution in [1.29, 1.82) is 0 Å². The van der Waals surface area contributed by atoms with Gasteiger partial charge in [-0.1, -0.05) is 12.2 Å². The van der Waals surface area contributed by atoms with Crippen molar-refractivity contribution in [2.75, 3.05) is 5.75 Å². The van der Waals surface area contributed by atoms with Crippen LogP contribution in [-0.2, 0) is 0 Å². The molecule has 0 radical (unpaired) electrons. The van der Waals surface area contributed by atoms with Gasteiger partial charge in [0.2, 0.25) is 0 Å². The van der Waals surface area contributed by atoms with Crippen molar-refractivity contribution in [2.45, 2.75) is 18.7 Å². The van der Waals surface area contributed by atoms with Gasteiger partial charge in [-0.05, 0) is 19.9 Å². The third-order valence-electron chi connectivity index (χ3n) is 1.38. The van der Waals surface area contributed by atoms with E-state index < -0.39 is 0 Å². The summed E-state index contributed by atoms with van der Waals surface area (Å²) in [4.78, 5) is 1.24. The minimum absolute atomic E-state index is 1.01. The molecular weight excluding hydrogens is 156 g/mol. The third kappa shape index (κ3) is 2.46. The van der Waals surface area contributed by atoms with Crippen LogP contribution in [0.1, 0.15) is 12.7 Å². The van der Waals surface area contributed by atoms with E-state index in [1.54, 1.807) is 18.0 Å². The highest BCUT2D eigenvalue weighted by atomic mass is 32.2. The van der Waals surface area contributed by atoms with Crippen molar-refractivity contribution in [3.05, 3.63) is 30.2 Å². The highest BCUT2D eigenvalue weighted by molar-refractivity contribution is 7.99. The van der Waals surface area contributed by atoms with E-state index >= 15 is 0 Å². The summed E-state index contributed by atoms with van der Waals surface area (Å²) in [5.41, 5.74) is 0. The zero-order chi connectivity index (χ0) is 8.10. The Morgan fingerprint density at radius 2 is 2.45 bits per heavy atom. The highest BCUT2D eigenvalue weighted by Crippen LogP contribution is 2.22. The molecule has 0 aliphatic heterocycles. The smallest absolute Gasteiger partial charge is 0.114 e. The van der Waals surface area contributed by atoms with Gasteiger partial charge in [-0.15, -0.1) is 11.8 Å². The second-order valence-corrected chi connectivity index (χ2v) is 3.28. The standard InChI is InChI=1S/C9H12OS/c1-3-4-7-11-9-5-6-10-8(9)2/h3-6H,7H2,1-2H3/b4-3+. The number of hydrogen-bond acceptors (Lipinski definition) is 2. The Morgan fingerprint density at radius 3 is 3.00 bits per heavy atom. The summed E-state index contributed by atoms with van der Waals surface area (Å²) in [6, 6.07) is 2.00. The lowest BCUT2D eigenvalue weighted by atomic mass is 10.5. The maximum Gasteiger partial charge on any atom is 0.114 e. The maximum atomic E-state index is 5.15. The van der Waals surface area contributed by atoms with E-state index in [1.165, 1.54) is 4.90 Å². The molecule has 0 amide bonds. The number of hydrogen-bond donors (Lipinski definition) is 0. The fourth-order valence-electron chi connectivity index (χ4n) is 0.757. The molecule has 0 aliphatic rings. The lowest BCUT2D eigenvalue weighted by Gasteiger charge is -1.92. The number of allylic oxidation sites excluding steroid dienone is 1. The Morgan fingerprint density at radius 1 is 1.64 bits per heavy atom. The Bertz CT molecular complexity index is 237. The summed E-state index contributed by atoms with van der Waals surface area (Å²) in [5.74, 6) is 2.04. The molecule has 1 nitrogen and oxygen atoms in total. The summed E-state index contributed by atoms with van der Waals surface area (Å²) in [5, 5.41) is 0. The number of thioether (sulfide) groups is 1. The van der Waals surface area contributed by atoms with E-state index in [2.05, 4.69) is 12.2 Å². The van der Waals surface area contributed by atoms with Gasteiger partial charge in [-0.2, -0.15) is 0 Å². The van der Waals surface area contributed by atoms with Crippen LogP contribution in [0.15, 0.2) is 33.8 Å². The van der Waals surface area contributed by atoms with Gasteiger partial charge in [0.15, 0.2) is 0 Å². The fourth-order valence-corrected chi connectivity index (χ4v) is 1.63. The van der Waals surface area contributed by atoms with Crippen molar-refractivity contribution < 1.29 is 4.42 Å². The predicted octanol–water partition coefficient (Wildman–Crippen LogP) is 3.26. The molecule has 0 aromatic carbocycles. The molecule has 0 N–H and O–H groups in total. The topological polar surface area (TPSA) is 13.1 Å². The van der Waals surface area contributed by atoms with E-state index in [1.807, 2.05) is 19.9 Å². The summed E-state index contributed by atoms with van der Waals surface area (Å²) >= 11 is 1.80. The van der Waals surface area contributed by atoms with E-state index in [0.717, 1.165) is 11.5 Å². The second-order valence-electron chi connectivity index (χ2n) is 2.22. The molecule has 0 atom stereocenters. The van der Waals surface area contributed by atoms with Crippen molar-refractivity contribution in [3.63, 3.8) is 0 Å². The molecule has 0 unspecified atom stereocenters. The van der Waals surface area contributed by atoms with Gasteiger partial charge in [0, 0.05) is 10.6 Å². The minimum atomic E-state index is 1.01. The van der Waals surface area contributed by atoms with E-state index in [4.69, 9.17) is 4.42 Å². The van der Waals surface area contributed by atoms with Crippen LogP contribution >= 0.6 is 11.8 Å². The van der Waals surface area contributed by atoms with Crippen molar-refractivity contribution in [3.8, 4) is 0 Å². The maximum absolute atomic E-state index is 5.15. The molecule has 0 saturated heterocycles. The molecule has 1 aromatic heterocycles. The molecule has 1 aromatic rings. The Hall–Kier alpha value is -0.630. The SMILES string of the molecule is C/C=C/CSc1ccoc1C. The number of aryl methyl sites for hydroxylation is 1. The van der Waals surface area contributed by atoms with Gasteiger partial charge in [0.05, 0.1) is 6.26 Å².